The van der Waals surface area contributed by atoms with Crippen LogP contribution in [0.3, 0.4) is 0 Å². The number of hydrogen-bond donors (Lipinski definition) is 0. The van der Waals surface area contributed by atoms with E-state index in [-0.39, 0.29) is 5.41 Å². The first-order chi connectivity index (χ1) is 23.0. The predicted octanol–water partition coefficient (Wildman–Crippen LogP) is 10.7. The van der Waals surface area contributed by atoms with Crippen molar-refractivity contribution in [3.8, 4) is 79.4 Å². The van der Waals surface area contributed by atoms with Crippen LogP contribution in [-0.2, 0) is 5.41 Å². The third-order valence-electron chi connectivity index (χ3n) is 9.23. The van der Waals surface area contributed by atoms with Crippen LogP contribution in [-0.4, -0.2) is 15.0 Å². The lowest BCUT2D eigenvalue weighted by Crippen LogP contribution is -2.15. The maximum Gasteiger partial charge on any atom is 0.181 e. The normalized spacial score (nSPS) is 13.4. The number of aromatic nitrogens is 3. The number of rotatable bonds is 4. The van der Waals surface area contributed by atoms with Crippen LogP contribution in [0.5, 0.6) is 23.0 Å². The highest BCUT2D eigenvalue weighted by molar-refractivity contribution is 5.88. The molecule has 6 aromatic carbocycles. The molecule has 5 heteroatoms. The molecule has 0 amide bonds. The highest BCUT2D eigenvalue weighted by Gasteiger charge is 2.39. The molecule has 0 saturated heterocycles. The van der Waals surface area contributed by atoms with Gasteiger partial charge in [-0.25, -0.2) is 15.0 Å². The van der Waals surface area contributed by atoms with Gasteiger partial charge in [0.15, 0.2) is 40.5 Å². The zero-order chi connectivity index (χ0) is 31.5. The summed E-state index contributed by atoms with van der Waals surface area (Å²) in [6, 6.07) is 47.3. The number of benzene rings is 6. The van der Waals surface area contributed by atoms with Crippen molar-refractivity contribution in [2.75, 3.05) is 0 Å². The molecule has 1 aliphatic carbocycles. The van der Waals surface area contributed by atoms with Crippen LogP contribution in [0.15, 0.2) is 140 Å². The summed E-state index contributed by atoms with van der Waals surface area (Å²) >= 11 is 0. The quantitative estimate of drug-likeness (QED) is 0.199. The summed E-state index contributed by atoms with van der Waals surface area (Å²) in [6.07, 6.45) is 0. The number of ether oxygens (including phenoxy) is 2. The van der Waals surface area contributed by atoms with Gasteiger partial charge < -0.3 is 9.47 Å². The van der Waals surface area contributed by atoms with Crippen molar-refractivity contribution in [1.82, 2.24) is 15.0 Å². The second kappa shape index (κ2) is 10.5. The fourth-order valence-corrected chi connectivity index (χ4v) is 6.81. The van der Waals surface area contributed by atoms with E-state index in [0.29, 0.717) is 34.7 Å². The minimum atomic E-state index is -0.138. The monoisotopic (exact) mass is 607 g/mol. The highest BCUT2D eigenvalue weighted by Crippen LogP contribution is 2.59. The summed E-state index contributed by atoms with van der Waals surface area (Å²) in [7, 11) is 0. The first kappa shape index (κ1) is 27.3. The van der Waals surface area contributed by atoms with Gasteiger partial charge in [0, 0.05) is 22.1 Å². The Kier molecular flexibility index (Phi) is 6.09. The summed E-state index contributed by atoms with van der Waals surface area (Å²) in [5, 5.41) is 0. The van der Waals surface area contributed by atoms with Gasteiger partial charge in [0.2, 0.25) is 0 Å². The maximum absolute atomic E-state index is 6.72. The molecule has 7 aromatic rings. The minimum absolute atomic E-state index is 0.138. The van der Waals surface area contributed by atoms with Crippen LogP contribution in [0, 0.1) is 0 Å². The summed E-state index contributed by atoms with van der Waals surface area (Å²) in [5.41, 5.74) is 9.47. The average Bonchev–Trinajstić information content (AvgIpc) is 3.37. The number of hydrogen-bond acceptors (Lipinski definition) is 5. The minimum Gasteiger partial charge on any atom is -0.449 e. The van der Waals surface area contributed by atoms with Gasteiger partial charge in [0.1, 0.15) is 0 Å². The van der Waals surface area contributed by atoms with Crippen molar-refractivity contribution in [2.45, 2.75) is 19.3 Å². The summed E-state index contributed by atoms with van der Waals surface area (Å²) in [6.45, 7) is 4.52. The lowest BCUT2D eigenvalue weighted by molar-refractivity contribution is 0.361. The van der Waals surface area contributed by atoms with E-state index in [2.05, 4.69) is 80.6 Å². The smallest absolute Gasteiger partial charge is 0.181 e. The number of nitrogens with zero attached hydrogens (tertiary/aromatic N) is 3. The summed E-state index contributed by atoms with van der Waals surface area (Å²) in [5.74, 6) is 4.30. The molecule has 9 rings (SSSR count). The van der Waals surface area contributed by atoms with Crippen LogP contribution >= 0.6 is 0 Å². The molecule has 1 aliphatic heterocycles. The first-order valence-electron chi connectivity index (χ1n) is 15.8. The van der Waals surface area contributed by atoms with Gasteiger partial charge in [-0.2, -0.15) is 0 Å². The zero-order valence-electron chi connectivity index (χ0n) is 25.9. The van der Waals surface area contributed by atoms with E-state index in [0.717, 1.165) is 39.1 Å². The van der Waals surface area contributed by atoms with Gasteiger partial charge in [-0.3, -0.25) is 0 Å². The molecule has 0 bridgehead atoms. The topological polar surface area (TPSA) is 57.1 Å². The molecule has 47 heavy (non-hydrogen) atoms. The van der Waals surface area contributed by atoms with E-state index in [1.165, 1.54) is 16.7 Å². The second-order valence-electron chi connectivity index (χ2n) is 12.4. The molecule has 0 fully saturated rings. The molecule has 0 saturated carbocycles. The van der Waals surface area contributed by atoms with Gasteiger partial charge in [-0.15, -0.1) is 0 Å². The molecule has 0 radical (unpaired) electrons. The SMILES string of the molecule is CC1(C)c2ccccc2-c2c1ccc1c2Oc2cccc(-c3nc(-c4ccccc4)nc(-c4ccc(-c5ccccc5)cc4)n3)c2O1. The molecule has 224 valence electrons. The third kappa shape index (κ3) is 4.43. The Hall–Kier alpha value is -6.07. The predicted molar refractivity (Wildman–Crippen MR) is 186 cm³/mol. The van der Waals surface area contributed by atoms with Gasteiger partial charge in [0.25, 0.3) is 0 Å². The molecule has 0 unspecified atom stereocenters. The Morgan fingerprint density at radius 1 is 0.404 bits per heavy atom. The van der Waals surface area contributed by atoms with Gasteiger partial charge in [-0.05, 0) is 46.0 Å². The van der Waals surface area contributed by atoms with Crippen LogP contribution in [0.1, 0.15) is 25.0 Å². The third-order valence-corrected chi connectivity index (χ3v) is 9.23. The van der Waals surface area contributed by atoms with E-state index < -0.39 is 0 Å². The van der Waals surface area contributed by atoms with E-state index in [1.54, 1.807) is 0 Å². The van der Waals surface area contributed by atoms with E-state index >= 15 is 0 Å². The molecule has 0 spiro atoms. The molecule has 0 atom stereocenters. The van der Waals surface area contributed by atoms with Crippen LogP contribution < -0.4 is 9.47 Å². The lowest BCUT2D eigenvalue weighted by Gasteiger charge is -2.26. The van der Waals surface area contributed by atoms with Gasteiger partial charge >= 0.3 is 0 Å². The van der Waals surface area contributed by atoms with Crippen molar-refractivity contribution < 1.29 is 9.47 Å². The zero-order valence-corrected chi connectivity index (χ0v) is 25.9. The van der Waals surface area contributed by atoms with Crippen molar-refractivity contribution in [3.05, 3.63) is 151 Å². The van der Waals surface area contributed by atoms with Crippen LogP contribution in [0.2, 0.25) is 0 Å². The standard InChI is InChI=1S/C42H29N3O2/c1-42(2)32-18-10-9-16-30(32)36-33(42)24-25-35-38(36)47-34-19-11-17-31(37(34)46-35)41-44-39(28-14-7-4-8-15-28)43-40(45-41)29-22-20-27(21-23-29)26-12-5-3-6-13-26/h3-25H,1-2H3. The Morgan fingerprint density at radius 3 is 1.68 bits per heavy atom. The molecule has 2 heterocycles. The summed E-state index contributed by atoms with van der Waals surface area (Å²) < 4.78 is 13.4. The van der Waals surface area contributed by atoms with Crippen LogP contribution in [0.25, 0.3) is 56.4 Å². The Morgan fingerprint density at radius 2 is 0.936 bits per heavy atom. The van der Waals surface area contributed by atoms with Crippen molar-refractivity contribution in [1.29, 1.82) is 0 Å². The Labute approximate surface area is 273 Å². The Balaban J connectivity index is 1.16. The van der Waals surface area contributed by atoms with Crippen molar-refractivity contribution in [3.63, 3.8) is 0 Å². The van der Waals surface area contributed by atoms with Gasteiger partial charge in [0.05, 0.1) is 5.56 Å². The van der Waals surface area contributed by atoms with E-state index in [1.807, 2.05) is 72.8 Å². The molecular weight excluding hydrogens is 578 g/mol. The van der Waals surface area contributed by atoms with Crippen molar-refractivity contribution in [2.24, 2.45) is 0 Å². The number of fused-ring (bicyclic) bond motifs is 6. The largest absolute Gasteiger partial charge is 0.449 e. The molecule has 0 N–H and O–H groups in total. The summed E-state index contributed by atoms with van der Waals surface area (Å²) in [4.78, 5) is 14.9. The van der Waals surface area contributed by atoms with E-state index in [4.69, 9.17) is 24.4 Å². The highest BCUT2D eigenvalue weighted by atomic mass is 16.6. The molecule has 1 aromatic heterocycles. The molecule has 5 nitrogen and oxygen atoms in total. The van der Waals surface area contributed by atoms with Crippen LogP contribution in [0.4, 0.5) is 0 Å². The second-order valence-corrected chi connectivity index (χ2v) is 12.4. The fourth-order valence-electron chi connectivity index (χ4n) is 6.81. The lowest BCUT2D eigenvalue weighted by atomic mass is 9.82. The molecule has 2 aliphatic rings. The van der Waals surface area contributed by atoms with E-state index in [9.17, 15) is 0 Å². The van der Waals surface area contributed by atoms with Crippen molar-refractivity contribution >= 4 is 0 Å². The van der Waals surface area contributed by atoms with Gasteiger partial charge in [-0.1, -0.05) is 135 Å². The molecular formula is C42H29N3O2. The fraction of sp³-hybridized carbons (Fsp3) is 0.0714. The first-order valence-corrected chi connectivity index (χ1v) is 15.8. The maximum atomic E-state index is 6.72. The average molecular weight is 608 g/mol. The number of para-hydroxylation sites is 1. The Bertz CT molecular complexity index is 2310.